The fourth-order valence-electron chi connectivity index (χ4n) is 3.21. The van der Waals surface area contributed by atoms with Crippen LogP contribution in [0.3, 0.4) is 0 Å². The van der Waals surface area contributed by atoms with E-state index < -0.39 is 10.0 Å². The number of hydrogen-bond donors (Lipinski definition) is 1. The van der Waals surface area contributed by atoms with Crippen molar-refractivity contribution in [3.05, 3.63) is 23.8 Å². The van der Waals surface area contributed by atoms with Gasteiger partial charge in [-0.2, -0.15) is 4.31 Å². The van der Waals surface area contributed by atoms with Gasteiger partial charge in [-0.15, -0.1) is 0 Å². The Labute approximate surface area is 127 Å². The fourth-order valence-corrected chi connectivity index (χ4v) is 4.75. The molecular formula is C16H24N2O2S. The SMILES string of the molecule is O=S(=O)(c1ccc2c(c1)NCCC2)N1CCCCCCC1. The van der Waals surface area contributed by atoms with Crippen LogP contribution in [0, 0.1) is 0 Å². The molecule has 116 valence electrons. The molecule has 0 unspecified atom stereocenters. The molecule has 1 fully saturated rings. The average Bonchev–Trinajstić information content (AvgIpc) is 2.46. The molecule has 0 aromatic heterocycles. The lowest BCUT2D eigenvalue weighted by Gasteiger charge is -2.25. The van der Waals surface area contributed by atoms with Crippen molar-refractivity contribution < 1.29 is 8.42 Å². The van der Waals surface area contributed by atoms with Crippen LogP contribution < -0.4 is 5.32 Å². The number of fused-ring (bicyclic) bond motifs is 1. The number of benzene rings is 1. The van der Waals surface area contributed by atoms with Crippen LogP contribution in [-0.4, -0.2) is 32.4 Å². The smallest absolute Gasteiger partial charge is 0.243 e. The highest BCUT2D eigenvalue weighted by molar-refractivity contribution is 7.89. The van der Waals surface area contributed by atoms with E-state index in [0.717, 1.165) is 50.8 Å². The summed E-state index contributed by atoms with van der Waals surface area (Å²) in [6.07, 6.45) is 7.61. The molecule has 3 rings (SSSR count). The third-order valence-electron chi connectivity index (χ3n) is 4.47. The van der Waals surface area contributed by atoms with E-state index in [4.69, 9.17) is 0 Å². The quantitative estimate of drug-likeness (QED) is 0.913. The number of anilines is 1. The van der Waals surface area contributed by atoms with Gasteiger partial charge in [0.15, 0.2) is 0 Å². The largest absolute Gasteiger partial charge is 0.385 e. The summed E-state index contributed by atoms with van der Waals surface area (Å²) in [4.78, 5) is 0.441. The first-order valence-corrected chi connectivity index (χ1v) is 9.49. The Morgan fingerprint density at radius 2 is 1.67 bits per heavy atom. The number of aryl methyl sites for hydroxylation is 1. The molecule has 2 aliphatic rings. The molecule has 0 spiro atoms. The van der Waals surface area contributed by atoms with Crippen LogP contribution in [0.4, 0.5) is 5.69 Å². The summed E-state index contributed by atoms with van der Waals surface area (Å²) in [7, 11) is -3.34. The Balaban J connectivity index is 1.86. The standard InChI is InChI=1S/C16H24N2O2S/c19-21(20,18-11-4-2-1-3-5-12-18)15-9-8-14-7-6-10-17-16(14)13-15/h8-9,13,17H,1-7,10-12H2. The highest BCUT2D eigenvalue weighted by atomic mass is 32.2. The van der Waals surface area contributed by atoms with Gasteiger partial charge in [-0.25, -0.2) is 8.42 Å². The molecular weight excluding hydrogens is 284 g/mol. The minimum absolute atomic E-state index is 0.441. The second kappa shape index (κ2) is 6.36. The van der Waals surface area contributed by atoms with Gasteiger partial charge in [0.2, 0.25) is 10.0 Å². The Hall–Kier alpha value is -1.07. The van der Waals surface area contributed by atoms with Crippen molar-refractivity contribution >= 4 is 15.7 Å². The molecule has 1 saturated heterocycles. The summed E-state index contributed by atoms with van der Waals surface area (Å²) in [6.45, 7) is 2.25. The van der Waals surface area contributed by atoms with Gasteiger partial charge in [0.05, 0.1) is 4.90 Å². The summed E-state index contributed by atoms with van der Waals surface area (Å²) in [5.41, 5.74) is 2.22. The number of sulfonamides is 1. The molecule has 0 radical (unpaired) electrons. The molecule has 0 aliphatic carbocycles. The zero-order chi connectivity index (χ0) is 14.7. The third kappa shape index (κ3) is 3.24. The van der Waals surface area contributed by atoms with E-state index in [1.807, 2.05) is 12.1 Å². The minimum Gasteiger partial charge on any atom is -0.385 e. The molecule has 0 atom stereocenters. The molecule has 0 bridgehead atoms. The Morgan fingerprint density at radius 3 is 2.43 bits per heavy atom. The highest BCUT2D eigenvalue weighted by Crippen LogP contribution is 2.27. The van der Waals surface area contributed by atoms with Gasteiger partial charge in [-0.1, -0.05) is 25.3 Å². The van der Waals surface area contributed by atoms with Crippen LogP contribution in [-0.2, 0) is 16.4 Å². The van der Waals surface area contributed by atoms with E-state index in [1.54, 1.807) is 10.4 Å². The number of rotatable bonds is 2. The second-order valence-electron chi connectivity index (χ2n) is 6.02. The van der Waals surface area contributed by atoms with Crippen molar-refractivity contribution in [1.29, 1.82) is 0 Å². The normalized spacial score (nSPS) is 21.0. The van der Waals surface area contributed by atoms with Gasteiger partial charge >= 0.3 is 0 Å². The van der Waals surface area contributed by atoms with Crippen LogP contribution in [0.25, 0.3) is 0 Å². The topological polar surface area (TPSA) is 49.4 Å². The summed E-state index contributed by atoms with van der Waals surface area (Å²) in [5, 5.41) is 3.32. The van der Waals surface area contributed by atoms with Crippen molar-refractivity contribution in [2.45, 2.75) is 49.8 Å². The van der Waals surface area contributed by atoms with Gasteiger partial charge in [0, 0.05) is 25.3 Å². The molecule has 1 aromatic rings. The number of nitrogens with one attached hydrogen (secondary N) is 1. The predicted molar refractivity (Wildman–Crippen MR) is 85.1 cm³/mol. The van der Waals surface area contributed by atoms with Crippen molar-refractivity contribution in [2.24, 2.45) is 0 Å². The minimum atomic E-state index is -3.34. The summed E-state index contributed by atoms with van der Waals surface area (Å²) in [5.74, 6) is 0. The van der Waals surface area contributed by atoms with E-state index in [2.05, 4.69) is 5.32 Å². The Kier molecular flexibility index (Phi) is 4.50. The zero-order valence-corrected chi connectivity index (χ0v) is 13.3. The van der Waals surface area contributed by atoms with E-state index in [1.165, 1.54) is 12.0 Å². The maximum absolute atomic E-state index is 12.8. The molecule has 0 saturated carbocycles. The van der Waals surface area contributed by atoms with Crippen LogP contribution in [0.1, 0.15) is 44.1 Å². The number of nitrogens with zero attached hydrogens (tertiary/aromatic N) is 1. The molecule has 2 aliphatic heterocycles. The molecule has 2 heterocycles. The molecule has 5 heteroatoms. The Morgan fingerprint density at radius 1 is 0.952 bits per heavy atom. The van der Waals surface area contributed by atoms with E-state index in [0.29, 0.717) is 18.0 Å². The van der Waals surface area contributed by atoms with Crippen LogP contribution >= 0.6 is 0 Å². The van der Waals surface area contributed by atoms with Gasteiger partial charge in [0.1, 0.15) is 0 Å². The van der Waals surface area contributed by atoms with E-state index >= 15 is 0 Å². The van der Waals surface area contributed by atoms with Crippen molar-refractivity contribution in [3.8, 4) is 0 Å². The zero-order valence-electron chi connectivity index (χ0n) is 12.5. The first-order valence-electron chi connectivity index (χ1n) is 8.05. The van der Waals surface area contributed by atoms with Gasteiger partial charge in [-0.05, 0) is 43.4 Å². The predicted octanol–water partition coefficient (Wildman–Crippen LogP) is 3.00. The first kappa shape index (κ1) is 14.9. The van der Waals surface area contributed by atoms with Crippen molar-refractivity contribution in [3.63, 3.8) is 0 Å². The maximum Gasteiger partial charge on any atom is 0.243 e. The summed E-state index contributed by atoms with van der Waals surface area (Å²) < 4.78 is 27.3. The molecule has 0 amide bonds. The molecule has 1 N–H and O–H groups in total. The van der Waals surface area contributed by atoms with Crippen molar-refractivity contribution in [1.82, 2.24) is 4.31 Å². The van der Waals surface area contributed by atoms with Gasteiger partial charge in [0.25, 0.3) is 0 Å². The van der Waals surface area contributed by atoms with Crippen LogP contribution in [0.2, 0.25) is 0 Å². The van der Waals surface area contributed by atoms with Gasteiger partial charge < -0.3 is 5.32 Å². The monoisotopic (exact) mass is 308 g/mol. The third-order valence-corrected chi connectivity index (χ3v) is 6.37. The molecule has 4 nitrogen and oxygen atoms in total. The Bertz CT molecular complexity index is 590. The lowest BCUT2D eigenvalue weighted by atomic mass is 10.0. The maximum atomic E-state index is 12.8. The average molecular weight is 308 g/mol. The van der Waals surface area contributed by atoms with Crippen LogP contribution in [0.15, 0.2) is 23.1 Å². The second-order valence-corrected chi connectivity index (χ2v) is 7.96. The summed E-state index contributed by atoms with van der Waals surface area (Å²) in [6, 6.07) is 5.57. The lowest BCUT2D eigenvalue weighted by Crippen LogP contribution is -2.34. The van der Waals surface area contributed by atoms with Crippen LogP contribution in [0.5, 0.6) is 0 Å². The molecule has 1 aromatic carbocycles. The van der Waals surface area contributed by atoms with E-state index in [9.17, 15) is 8.42 Å². The molecule has 21 heavy (non-hydrogen) atoms. The fraction of sp³-hybridized carbons (Fsp3) is 0.625. The lowest BCUT2D eigenvalue weighted by molar-refractivity contribution is 0.364. The number of hydrogen-bond acceptors (Lipinski definition) is 3. The first-order chi connectivity index (χ1) is 10.2. The van der Waals surface area contributed by atoms with Gasteiger partial charge in [-0.3, -0.25) is 0 Å². The highest BCUT2D eigenvalue weighted by Gasteiger charge is 2.25. The van der Waals surface area contributed by atoms with Crippen molar-refractivity contribution in [2.75, 3.05) is 25.0 Å². The van der Waals surface area contributed by atoms with E-state index in [-0.39, 0.29) is 0 Å². The summed E-state index contributed by atoms with van der Waals surface area (Å²) >= 11 is 0.